The van der Waals surface area contributed by atoms with Gasteiger partial charge in [-0.1, -0.05) is 29.8 Å². The van der Waals surface area contributed by atoms with Gasteiger partial charge in [0.15, 0.2) is 0 Å². The minimum Gasteiger partial charge on any atom is -0.487 e. The fourth-order valence-corrected chi connectivity index (χ4v) is 3.56. The monoisotopic (exact) mass is 330 g/mol. The van der Waals surface area contributed by atoms with Crippen LogP contribution < -0.4 is 4.74 Å². The van der Waals surface area contributed by atoms with Gasteiger partial charge in [0, 0.05) is 12.1 Å². The van der Waals surface area contributed by atoms with Gasteiger partial charge in [-0.3, -0.25) is 9.88 Å². The Hall–Kier alpha value is -1.58. The Labute approximate surface area is 144 Å². The molecule has 0 radical (unpaired) electrons. The molecule has 3 nitrogen and oxygen atoms in total. The van der Waals surface area contributed by atoms with E-state index >= 15 is 0 Å². The van der Waals surface area contributed by atoms with Crippen molar-refractivity contribution in [3.63, 3.8) is 0 Å². The first-order chi connectivity index (χ1) is 10.8. The quantitative estimate of drug-likeness (QED) is 0.852. The molecule has 23 heavy (non-hydrogen) atoms. The van der Waals surface area contributed by atoms with Crippen molar-refractivity contribution in [2.45, 2.75) is 25.9 Å². The van der Waals surface area contributed by atoms with E-state index in [0.29, 0.717) is 6.10 Å². The molecule has 1 aromatic carbocycles. The molecule has 2 bridgehead atoms. The van der Waals surface area contributed by atoms with Crippen LogP contribution >= 0.6 is 12.4 Å². The number of hydrogen-bond donors (Lipinski definition) is 0. The summed E-state index contributed by atoms with van der Waals surface area (Å²) in [7, 11) is 0. The predicted octanol–water partition coefficient (Wildman–Crippen LogP) is 3.95. The van der Waals surface area contributed by atoms with Gasteiger partial charge >= 0.3 is 0 Å². The second-order valence-electron chi connectivity index (χ2n) is 6.54. The Kier molecular flexibility index (Phi) is 4.88. The number of pyridine rings is 1. The summed E-state index contributed by atoms with van der Waals surface area (Å²) in [5.41, 5.74) is 3.42. The summed E-state index contributed by atoms with van der Waals surface area (Å²) in [6.45, 7) is 5.66. The molecule has 5 rings (SSSR count). The van der Waals surface area contributed by atoms with Crippen molar-refractivity contribution in [1.82, 2.24) is 9.88 Å². The Bertz CT molecular complexity index is 633. The molecule has 3 saturated heterocycles. The highest BCUT2D eigenvalue weighted by atomic mass is 35.5. The van der Waals surface area contributed by atoms with E-state index in [4.69, 9.17) is 4.74 Å². The Morgan fingerprint density at radius 1 is 1.04 bits per heavy atom. The third-order valence-electron chi connectivity index (χ3n) is 4.97. The predicted molar refractivity (Wildman–Crippen MR) is 95.2 cm³/mol. The maximum Gasteiger partial charge on any atom is 0.138 e. The van der Waals surface area contributed by atoms with Gasteiger partial charge in [-0.05, 0) is 50.9 Å². The molecule has 0 amide bonds. The number of nitrogens with zero attached hydrogens (tertiary/aromatic N) is 2. The van der Waals surface area contributed by atoms with E-state index in [-0.39, 0.29) is 12.4 Å². The molecule has 4 heterocycles. The van der Waals surface area contributed by atoms with Crippen LogP contribution in [0.4, 0.5) is 0 Å². The van der Waals surface area contributed by atoms with Crippen LogP contribution in [0.2, 0.25) is 0 Å². The van der Waals surface area contributed by atoms with E-state index < -0.39 is 0 Å². The van der Waals surface area contributed by atoms with E-state index in [1.807, 2.05) is 6.20 Å². The van der Waals surface area contributed by atoms with Crippen LogP contribution in [0, 0.1) is 12.8 Å². The van der Waals surface area contributed by atoms with Crippen LogP contribution in [-0.4, -0.2) is 35.6 Å². The summed E-state index contributed by atoms with van der Waals surface area (Å²) >= 11 is 0. The van der Waals surface area contributed by atoms with Gasteiger partial charge in [0.05, 0.1) is 11.9 Å². The number of benzene rings is 1. The van der Waals surface area contributed by atoms with Crippen LogP contribution in [-0.2, 0) is 0 Å². The van der Waals surface area contributed by atoms with Gasteiger partial charge in [0.1, 0.15) is 11.9 Å². The molecular weight excluding hydrogens is 308 g/mol. The molecule has 2 aromatic rings. The summed E-state index contributed by atoms with van der Waals surface area (Å²) in [5, 5.41) is 0. The lowest BCUT2D eigenvalue weighted by atomic mass is 9.86. The molecule has 0 aliphatic carbocycles. The summed E-state index contributed by atoms with van der Waals surface area (Å²) in [5.74, 6) is 1.62. The molecule has 1 aromatic heterocycles. The first kappa shape index (κ1) is 16.3. The van der Waals surface area contributed by atoms with Gasteiger partial charge in [0.25, 0.3) is 0 Å². The van der Waals surface area contributed by atoms with Crippen LogP contribution in [0.15, 0.2) is 42.6 Å². The summed E-state index contributed by atoms with van der Waals surface area (Å²) in [4.78, 5) is 7.08. The molecule has 3 fully saturated rings. The molecule has 3 aliphatic rings. The lowest BCUT2D eigenvalue weighted by Crippen LogP contribution is -2.52. The first-order valence-electron chi connectivity index (χ1n) is 8.20. The minimum atomic E-state index is 0. The number of rotatable bonds is 3. The molecule has 0 spiro atoms. The lowest BCUT2D eigenvalue weighted by Gasteiger charge is -2.44. The van der Waals surface area contributed by atoms with Crippen molar-refractivity contribution in [2.24, 2.45) is 5.92 Å². The zero-order valence-electron chi connectivity index (χ0n) is 13.4. The zero-order chi connectivity index (χ0) is 14.9. The molecule has 0 saturated carbocycles. The highest BCUT2D eigenvalue weighted by Crippen LogP contribution is 2.31. The first-order valence-corrected chi connectivity index (χ1v) is 8.20. The number of halogens is 1. The van der Waals surface area contributed by atoms with Crippen molar-refractivity contribution < 1.29 is 4.74 Å². The maximum atomic E-state index is 6.20. The second kappa shape index (κ2) is 6.90. The van der Waals surface area contributed by atoms with Gasteiger partial charge in [-0.15, -0.1) is 12.4 Å². The average Bonchev–Trinajstić information content (AvgIpc) is 2.58. The second-order valence-corrected chi connectivity index (χ2v) is 6.54. The molecule has 0 N–H and O–H groups in total. The smallest absolute Gasteiger partial charge is 0.138 e. The zero-order valence-corrected chi connectivity index (χ0v) is 14.3. The summed E-state index contributed by atoms with van der Waals surface area (Å²) < 4.78 is 6.20. The van der Waals surface area contributed by atoms with E-state index in [1.165, 1.54) is 31.5 Å². The van der Waals surface area contributed by atoms with Crippen molar-refractivity contribution in [1.29, 1.82) is 0 Å². The van der Waals surface area contributed by atoms with E-state index in [0.717, 1.165) is 29.5 Å². The Morgan fingerprint density at radius 2 is 1.78 bits per heavy atom. The molecule has 1 atom stereocenters. The van der Waals surface area contributed by atoms with Crippen molar-refractivity contribution in [2.75, 3.05) is 19.6 Å². The third kappa shape index (κ3) is 3.51. The van der Waals surface area contributed by atoms with Gasteiger partial charge in [0.2, 0.25) is 0 Å². The molecule has 4 heteroatoms. The number of fused-ring (bicyclic) bond motifs is 3. The number of ether oxygens (including phenoxy) is 1. The topological polar surface area (TPSA) is 25.4 Å². The largest absolute Gasteiger partial charge is 0.487 e. The molecule has 0 unspecified atom stereocenters. The molecular formula is C19H23ClN2O. The highest BCUT2D eigenvalue weighted by molar-refractivity contribution is 5.85. The summed E-state index contributed by atoms with van der Waals surface area (Å²) in [6.07, 6.45) is 4.76. The van der Waals surface area contributed by atoms with Gasteiger partial charge in [-0.25, -0.2) is 0 Å². The fraction of sp³-hybridized carbons (Fsp3) is 0.421. The van der Waals surface area contributed by atoms with Gasteiger partial charge in [-0.2, -0.15) is 0 Å². The Morgan fingerprint density at radius 3 is 2.35 bits per heavy atom. The SMILES string of the molecule is Cc1ccc(-c2ccc(O[C@H]3CN4CCC3CC4)cn2)cc1.Cl. The highest BCUT2D eigenvalue weighted by Gasteiger charge is 2.35. The van der Waals surface area contributed by atoms with Crippen molar-refractivity contribution in [3.05, 3.63) is 48.2 Å². The standard InChI is InChI=1S/C19H22N2O.ClH/c1-14-2-4-15(5-3-14)18-7-6-17(12-20-18)22-19-13-21-10-8-16(19)9-11-21;/h2-7,12,16,19H,8-11,13H2,1H3;1H/t19-;/m0./s1. The average molecular weight is 331 g/mol. The number of aryl methyl sites for hydroxylation is 1. The van der Waals surface area contributed by atoms with Gasteiger partial charge < -0.3 is 4.74 Å². The van der Waals surface area contributed by atoms with Crippen molar-refractivity contribution in [3.8, 4) is 17.0 Å². The Balaban J connectivity index is 0.00000156. The van der Waals surface area contributed by atoms with Crippen molar-refractivity contribution >= 4 is 12.4 Å². The van der Waals surface area contributed by atoms with E-state index in [9.17, 15) is 0 Å². The third-order valence-corrected chi connectivity index (χ3v) is 4.97. The lowest BCUT2D eigenvalue weighted by molar-refractivity contribution is -0.00791. The number of aromatic nitrogens is 1. The normalized spacial score (nSPS) is 25.7. The molecule has 3 aliphatic heterocycles. The van der Waals surface area contributed by atoms with Crippen LogP contribution in [0.3, 0.4) is 0 Å². The molecule has 122 valence electrons. The van der Waals surface area contributed by atoms with Crippen LogP contribution in [0.1, 0.15) is 18.4 Å². The van der Waals surface area contributed by atoms with Crippen LogP contribution in [0.5, 0.6) is 5.75 Å². The van der Waals surface area contributed by atoms with Crippen LogP contribution in [0.25, 0.3) is 11.3 Å². The van der Waals surface area contributed by atoms with E-state index in [1.54, 1.807) is 0 Å². The maximum absolute atomic E-state index is 6.20. The summed E-state index contributed by atoms with van der Waals surface area (Å²) in [6, 6.07) is 12.6. The fourth-order valence-electron chi connectivity index (χ4n) is 3.56. The number of hydrogen-bond acceptors (Lipinski definition) is 3. The van der Waals surface area contributed by atoms with E-state index in [2.05, 4.69) is 53.2 Å². The minimum absolute atomic E-state index is 0. The number of piperidine rings is 3.